The van der Waals surface area contributed by atoms with E-state index >= 15 is 0 Å². The second kappa shape index (κ2) is 7.60. The minimum atomic E-state index is -0.236. The van der Waals surface area contributed by atoms with E-state index in [0.29, 0.717) is 25.3 Å². The van der Waals surface area contributed by atoms with Crippen molar-refractivity contribution in [1.82, 2.24) is 4.90 Å². The number of piperidine rings is 1. The van der Waals surface area contributed by atoms with Crippen molar-refractivity contribution < 1.29 is 14.3 Å². The smallest absolute Gasteiger partial charge is 0.310 e. The predicted molar refractivity (Wildman–Crippen MR) is 81.0 cm³/mol. The third kappa shape index (κ3) is 3.85. The molecule has 1 saturated heterocycles. The fraction of sp³-hybridized carbons (Fsp3) is 0.471. The molecular weight excluding hydrogens is 280 g/mol. The molecule has 0 radical (unpaired) electrons. The molecule has 5 heteroatoms. The van der Waals surface area contributed by atoms with E-state index in [1.54, 1.807) is 30.0 Å². The van der Waals surface area contributed by atoms with Gasteiger partial charge in [0.15, 0.2) is 0 Å². The Balaban J connectivity index is 2.07. The fourth-order valence-corrected chi connectivity index (χ4v) is 2.70. The summed E-state index contributed by atoms with van der Waals surface area (Å²) in [5.41, 5.74) is 1.39. The van der Waals surface area contributed by atoms with E-state index in [0.717, 1.165) is 18.4 Å². The largest absolute Gasteiger partial charge is 0.466 e. The van der Waals surface area contributed by atoms with Crippen molar-refractivity contribution in [3.8, 4) is 6.07 Å². The Bertz CT molecular complexity index is 592. The molecule has 1 amide bonds. The van der Waals surface area contributed by atoms with Crippen LogP contribution in [0.25, 0.3) is 0 Å². The van der Waals surface area contributed by atoms with Crippen LogP contribution in [0.1, 0.15) is 35.7 Å². The van der Waals surface area contributed by atoms with Crippen LogP contribution in [0, 0.1) is 17.2 Å². The third-order valence-electron chi connectivity index (χ3n) is 3.79. The van der Waals surface area contributed by atoms with Gasteiger partial charge in [-0.1, -0.05) is 12.1 Å². The van der Waals surface area contributed by atoms with Gasteiger partial charge in [0, 0.05) is 18.7 Å². The first-order chi connectivity index (χ1) is 10.7. The Hall–Kier alpha value is -2.35. The lowest BCUT2D eigenvalue weighted by Gasteiger charge is -2.31. The van der Waals surface area contributed by atoms with Crippen LogP contribution in [0.15, 0.2) is 24.3 Å². The summed E-state index contributed by atoms with van der Waals surface area (Å²) in [6.07, 6.45) is 1.84. The molecule has 0 aromatic heterocycles. The highest BCUT2D eigenvalue weighted by Crippen LogP contribution is 2.20. The van der Waals surface area contributed by atoms with Crippen LogP contribution in [0.5, 0.6) is 0 Å². The molecule has 22 heavy (non-hydrogen) atoms. The number of rotatable bonds is 4. The van der Waals surface area contributed by atoms with Crippen molar-refractivity contribution in [2.45, 2.75) is 26.2 Å². The minimum absolute atomic E-state index is 0.0891. The van der Waals surface area contributed by atoms with Crippen LogP contribution in [-0.2, 0) is 16.0 Å². The first kappa shape index (κ1) is 16.0. The van der Waals surface area contributed by atoms with E-state index < -0.39 is 0 Å². The number of esters is 1. The van der Waals surface area contributed by atoms with Crippen LogP contribution in [-0.4, -0.2) is 36.5 Å². The molecular formula is C17H20N2O3. The molecule has 1 heterocycles. The molecule has 5 nitrogen and oxygen atoms in total. The summed E-state index contributed by atoms with van der Waals surface area (Å²) >= 11 is 0. The van der Waals surface area contributed by atoms with Gasteiger partial charge in [-0.05, 0) is 37.5 Å². The Morgan fingerprint density at radius 2 is 2.27 bits per heavy atom. The molecule has 1 aromatic rings. The molecule has 1 fully saturated rings. The number of carbonyl (C=O) groups excluding carboxylic acids is 2. The minimum Gasteiger partial charge on any atom is -0.466 e. The van der Waals surface area contributed by atoms with Gasteiger partial charge in [0.05, 0.1) is 25.0 Å². The molecule has 0 saturated carbocycles. The Morgan fingerprint density at radius 3 is 3.00 bits per heavy atom. The summed E-state index contributed by atoms with van der Waals surface area (Å²) in [7, 11) is 0. The predicted octanol–water partition coefficient (Wildman–Crippen LogP) is 2.17. The number of nitrogens with zero attached hydrogens (tertiary/aromatic N) is 2. The fourth-order valence-electron chi connectivity index (χ4n) is 2.70. The van der Waals surface area contributed by atoms with Crippen molar-refractivity contribution in [3.63, 3.8) is 0 Å². The van der Waals surface area contributed by atoms with Gasteiger partial charge in [0.2, 0.25) is 0 Å². The van der Waals surface area contributed by atoms with E-state index in [9.17, 15) is 9.59 Å². The summed E-state index contributed by atoms with van der Waals surface area (Å²) in [4.78, 5) is 26.1. The first-order valence-corrected chi connectivity index (χ1v) is 7.57. The summed E-state index contributed by atoms with van der Waals surface area (Å²) in [6, 6.07) is 9.19. The highest BCUT2D eigenvalue weighted by Gasteiger charge is 2.29. The summed E-state index contributed by atoms with van der Waals surface area (Å²) in [6.45, 7) is 3.20. The number of nitriles is 1. The standard InChI is InChI=1S/C17H20N2O3/c1-2-22-17(21)15-7-4-10-19(12-15)16(20)14-6-3-5-13(11-14)8-9-18/h3,5-6,11,15H,2,4,7-8,10,12H2,1H3. The van der Waals surface area contributed by atoms with Gasteiger partial charge in [-0.25, -0.2) is 0 Å². The number of hydrogen-bond donors (Lipinski definition) is 0. The van der Waals surface area contributed by atoms with Gasteiger partial charge in [-0.3, -0.25) is 9.59 Å². The van der Waals surface area contributed by atoms with Crippen LogP contribution in [0.2, 0.25) is 0 Å². The lowest BCUT2D eigenvalue weighted by atomic mass is 9.97. The number of amides is 1. The molecule has 1 unspecified atom stereocenters. The van der Waals surface area contributed by atoms with Gasteiger partial charge >= 0.3 is 5.97 Å². The van der Waals surface area contributed by atoms with Gasteiger partial charge in [0.25, 0.3) is 5.91 Å². The highest BCUT2D eigenvalue weighted by molar-refractivity contribution is 5.94. The molecule has 0 aliphatic carbocycles. The molecule has 2 rings (SSSR count). The first-order valence-electron chi connectivity index (χ1n) is 7.57. The molecule has 0 N–H and O–H groups in total. The van der Waals surface area contributed by atoms with Gasteiger partial charge in [-0.2, -0.15) is 5.26 Å². The highest BCUT2D eigenvalue weighted by atomic mass is 16.5. The van der Waals surface area contributed by atoms with Crippen molar-refractivity contribution in [3.05, 3.63) is 35.4 Å². The summed E-state index contributed by atoms with van der Waals surface area (Å²) in [5, 5.41) is 8.75. The lowest BCUT2D eigenvalue weighted by Crippen LogP contribution is -2.42. The average Bonchev–Trinajstić information content (AvgIpc) is 2.55. The summed E-state index contributed by atoms with van der Waals surface area (Å²) < 4.78 is 5.05. The van der Waals surface area contributed by atoms with Crippen LogP contribution in [0.3, 0.4) is 0 Å². The topological polar surface area (TPSA) is 70.4 Å². The van der Waals surface area contributed by atoms with E-state index in [1.165, 1.54) is 0 Å². The zero-order valence-electron chi connectivity index (χ0n) is 12.7. The molecule has 116 valence electrons. The molecule has 1 aliphatic rings. The zero-order valence-corrected chi connectivity index (χ0v) is 12.7. The zero-order chi connectivity index (χ0) is 15.9. The molecule has 1 aromatic carbocycles. The quantitative estimate of drug-likeness (QED) is 0.799. The van der Waals surface area contributed by atoms with Crippen molar-refractivity contribution in [1.29, 1.82) is 5.26 Å². The normalized spacial score (nSPS) is 17.6. The Kier molecular flexibility index (Phi) is 5.54. The maximum atomic E-state index is 12.6. The maximum Gasteiger partial charge on any atom is 0.310 e. The van der Waals surface area contributed by atoms with Crippen LogP contribution in [0.4, 0.5) is 0 Å². The second-order valence-corrected chi connectivity index (χ2v) is 5.38. The number of carbonyl (C=O) groups is 2. The van der Waals surface area contributed by atoms with Crippen molar-refractivity contribution in [2.24, 2.45) is 5.92 Å². The molecule has 0 bridgehead atoms. The van der Waals surface area contributed by atoms with Gasteiger partial charge in [0.1, 0.15) is 0 Å². The number of ether oxygens (including phenoxy) is 1. The molecule has 1 aliphatic heterocycles. The second-order valence-electron chi connectivity index (χ2n) is 5.38. The molecule has 0 spiro atoms. The van der Waals surface area contributed by atoms with E-state index in [1.807, 2.05) is 6.07 Å². The van der Waals surface area contributed by atoms with Crippen LogP contribution >= 0.6 is 0 Å². The molecule has 1 atom stereocenters. The summed E-state index contributed by atoms with van der Waals surface area (Å²) in [5.74, 6) is -0.549. The van der Waals surface area contributed by atoms with Crippen molar-refractivity contribution >= 4 is 11.9 Å². The number of benzene rings is 1. The number of hydrogen-bond acceptors (Lipinski definition) is 4. The van der Waals surface area contributed by atoms with Crippen molar-refractivity contribution in [2.75, 3.05) is 19.7 Å². The Labute approximate surface area is 130 Å². The van der Waals surface area contributed by atoms with Gasteiger partial charge in [-0.15, -0.1) is 0 Å². The van der Waals surface area contributed by atoms with E-state index in [-0.39, 0.29) is 24.2 Å². The van der Waals surface area contributed by atoms with Crippen LogP contribution < -0.4 is 0 Å². The van der Waals surface area contributed by atoms with E-state index in [4.69, 9.17) is 10.00 Å². The Morgan fingerprint density at radius 1 is 1.45 bits per heavy atom. The average molecular weight is 300 g/mol. The third-order valence-corrected chi connectivity index (χ3v) is 3.79. The monoisotopic (exact) mass is 300 g/mol. The number of likely N-dealkylation sites (tertiary alicyclic amines) is 1. The lowest BCUT2D eigenvalue weighted by molar-refractivity contribution is -0.149. The maximum absolute atomic E-state index is 12.6. The SMILES string of the molecule is CCOC(=O)C1CCCN(C(=O)c2cccc(CC#N)c2)C1. The van der Waals surface area contributed by atoms with Gasteiger partial charge < -0.3 is 9.64 Å². The van der Waals surface area contributed by atoms with E-state index in [2.05, 4.69) is 6.07 Å².